The summed E-state index contributed by atoms with van der Waals surface area (Å²) in [4.78, 5) is 9.67. The van der Waals surface area contributed by atoms with Crippen molar-refractivity contribution < 1.29 is 20.6 Å². The molecule has 0 aromatic rings. The average Bonchev–Trinajstić information content (AvgIpc) is 1.59. The zero-order chi connectivity index (χ0) is 7.49. The zero-order valence-corrected chi connectivity index (χ0v) is 5.78. The molecule has 0 saturated heterocycles. The van der Waals surface area contributed by atoms with Gasteiger partial charge in [0.1, 0.15) is 0 Å². The molecule has 2 amide bonds. The van der Waals surface area contributed by atoms with E-state index in [9.17, 15) is 12.5 Å². The van der Waals surface area contributed by atoms with Gasteiger partial charge in [-0.1, -0.05) is 0 Å². The number of rotatable bonds is 2. The van der Waals surface area contributed by atoms with E-state index < -0.39 is 19.4 Å². The Kier molecular flexibility index (Phi) is 2.53. The molecule has 7 nitrogen and oxygen atoms in total. The molecule has 0 spiro atoms. The molecule has 0 unspecified atom stereocenters. The standard InChI is InChI=1S/CH4N2O5Se/c2-1(4)3-8-9(5,6)7/h(H3,2,3,4)(H,5,6,7). The van der Waals surface area contributed by atoms with Crippen LogP contribution in [0.2, 0.25) is 0 Å². The number of amides is 2. The molecule has 0 rings (SSSR count). The van der Waals surface area contributed by atoms with Crippen LogP contribution in [0.25, 0.3) is 0 Å². The quantitative estimate of drug-likeness (QED) is 0.350. The summed E-state index contributed by atoms with van der Waals surface area (Å²) in [5.74, 6) is 0. The molecular weight excluding hydrogens is 199 g/mol. The van der Waals surface area contributed by atoms with Gasteiger partial charge in [-0.15, -0.1) is 0 Å². The minimum atomic E-state index is -5.29. The third-order valence-electron chi connectivity index (χ3n) is 0.248. The van der Waals surface area contributed by atoms with E-state index in [-0.39, 0.29) is 0 Å². The van der Waals surface area contributed by atoms with Crippen LogP contribution in [0.3, 0.4) is 0 Å². The van der Waals surface area contributed by atoms with Crippen molar-refractivity contribution in [2.24, 2.45) is 5.73 Å². The number of hydrogen-bond acceptors (Lipinski definition) is 4. The van der Waals surface area contributed by atoms with Crippen molar-refractivity contribution >= 4 is 19.4 Å². The van der Waals surface area contributed by atoms with E-state index in [0.29, 0.717) is 0 Å². The molecule has 0 aliphatic heterocycles. The number of nitrogens with one attached hydrogen (secondary N) is 1. The van der Waals surface area contributed by atoms with E-state index >= 15 is 0 Å². The van der Waals surface area contributed by atoms with Gasteiger partial charge in [0.15, 0.2) is 0 Å². The molecule has 9 heavy (non-hydrogen) atoms. The summed E-state index contributed by atoms with van der Waals surface area (Å²) in [6.07, 6.45) is 0. The van der Waals surface area contributed by atoms with E-state index in [0.717, 1.165) is 0 Å². The van der Waals surface area contributed by atoms with Crippen molar-refractivity contribution in [1.29, 1.82) is 0 Å². The summed E-state index contributed by atoms with van der Waals surface area (Å²) in [5.41, 5.74) is 5.58. The first-order chi connectivity index (χ1) is 3.92. The van der Waals surface area contributed by atoms with Gasteiger partial charge < -0.3 is 0 Å². The number of urea groups is 1. The van der Waals surface area contributed by atoms with E-state index in [2.05, 4.69) is 9.65 Å². The second-order valence-corrected chi connectivity index (χ2v) is 3.12. The average molecular weight is 203 g/mol. The first-order valence-electron chi connectivity index (χ1n) is 1.63. The zero-order valence-electron chi connectivity index (χ0n) is 4.07. The number of hydroxylamine groups is 1. The Balaban J connectivity index is 3.67. The molecule has 0 fully saturated rings. The summed E-state index contributed by atoms with van der Waals surface area (Å²) in [5, 5.41) is 0. The normalized spacial score (nSPS) is 10.8. The number of hydrogen-bond donors (Lipinski definition) is 3. The molecule has 0 radical (unpaired) electrons. The molecule has 4 N–H and O–H groups in total. The molecule has 54 valence electrons. The Morgan fingerprint density at radius 1 is 1.67 bits per heavy atom. The molecule has 0 aromatic heterocycles. The van der Waals surface area contributed by atoms with Crippen molar-refractivity contribution in [1.82, 2.24) is 5.48 Å². The third kappa shape index (κ3) is 7.31. The summed E-state index contributed by atoms with van der Waals surface area (Å²) in [6.45, 7) is 0. The van der Waals surface area contributed by atoms with Crippen LogP contribution in [0.4, 0.5) is 4.79 Å². The Morgan fingerprint density at radius 3 is 2.22 bits per heavy atom. The van der Waals surface area contributed by atoms with Gasteiger partial charge in [0.05, 0.1) is 0 Å². The van der Waals surface area contributed by atoms with E-state index in [4.69, 9.17) is 4.19 Å². The first-order valence-corrected chi connectivity index (χ1v) is 4.49. The van der Waals surface area contributed by atoms with Gasteiger partial charge in [-0.05, 0) is 0 Å². The van der Waals surface area contributed by atoms with Crippen LogP contribution >= 0.6 is 0 Å². The minimum absolute atomic E-state index is 1.20. The Hall–Kier alpha value is -0.691. The molecule has 8 heteroatoms. The molecule has 0 aromatic carbocycles. The maximum absolute atomic E-state index is 9.67. The second kappa shape index (κ2) is 2.74. The summed E-state index contributed by atoms with van der Waals surface area (Å²) < 4.78 is 30.5. The van der Waals surface area contributed by atoms with Crippen LogP contribution < -0.4 is 11.2 Å². The van der Waals surface area contributed by atoms with Crippen LogP contribution in [0, 0.1) is 0 Å². The number of carbonyl (C=O) groups is 1. The van der Waals surface area contributed by atoms with Crippen molar-refractivity contribution in [3.63, 3.8) is 0 Å². The van der Waals surface area contributed by atoms with Gasteiger partial charge in [0.25, 0.3) is 0 Å². The van der Waals surface area contributed by atoms with Gasteiger partial charge in [-0.3, -0.25) is 0 Å². The SMILES string of the molecule is NC(=O)NO[Se](=O)(=O)O. The molecule has 0 atom stereocenters. The first kappa shape index (κ1) is 8.31. The van der Waals surface area contributed by atoms with Gasteiger partial charge in [0, 0.05) is 0 Å². The van der Waals surface area contributed by atoms with Gasteiger partial charge >= 0.3 is 51.2 Å². The monoisotopic (exact) mass is 204 g/mol. The molecule has 0 heterocycles. The van der Waals surface area contributed by atoms with Crippen molar-refractivity contribution in [2.75, 3.05) is 0 Å². The van der Waals surface area contributed by atoms with E-state index in [1.807, 2.05) is 0 Å². The van der Waals surface area contributed by atoms with Crippen molar-refractivity contribution in [2.45, 2.75) is 0 Å². The molecular formula is CH4N2O5Se. The van der Waals surface area contributed by atoms with Crippen LogP contribution in [-0.2, 0) is 11.6 Å². The third-order valence-corrected chi connectivity index (χ3v) is 0.864. The van der Waals surface area contributed by atoms with E-state index in [1.54, 1.807) is 0 Å². The number of primary amides is 1. The molecule has 0 aliphatic carbocycles. The fourth-order valence-corrected chi connectivity index (χ4v) is 0.487. The van der Waals surface area contributed by atoms with Crippen LogP contribution in [0.1, 0.15) is 0 Å². The maximum atomic E-state index is 9.67. The van der Waals surface area contributed by atoms with Crippen LogP contribution in [0.5, 0.6) is 0 Å². The Morgan fingerprint density at radius 2 is 2.11 bits per heavy atom. The fraction of sp³-hybridized carbons (Fsp3) is 0. The predicted molar refractivity (Wildman–Crippen MR) is 23.1 cm³/mol. The van der Waals surface area contributed by atoms with Crippen LogP contribution in [0.15, 0.2) is 0 Å². The number of carbonyl (C=O) groups excluding carboxylic acids is 1. The Labute approximate surface area is 52.0 Å². The predicted octanol–water partition coefficient (Wildman–Crippen LogP) is -2.12. The fourth-order valence-electron chi connectivity index (χ4n) is 0.0937. The molecule has 0 bridgehead atoms. The summed E-state index contributed by atoms with van der Waals surface area (Å²) in [6, 6.07) is -1.20. The van der Waals surface area contributed by atoms with Crippen LogP contribution in [-0.4, -0.2) is 23.6 Å². The Bertz CT molecular complexity index is 193. The van der Waals surface area contributed by atoms with Crippen molar-refractivity contribution in [3.05, 3.63) is 0 Å². The van der Waals surface area contributed by atoms with Gasteiger partial charge in [-0.25, -0.2) is 0 Å². The van der Waals surface area contributed by atoms with E-state index in [1.165, 1.54) is 5.48 Å². The number of nitrogens with two attached hydrogens (primary N) is 1. The topological polar surface area (TPSA) is 119 Å². The molecule has 0 saturated carbocycles. The molecule has 0 aliphatic rings. The summed E-state index contributed by atoms with van der Waals surface area (Å²) >= 11 is -5.29. The van der Waals surface area contributed by atoms with Gasteiger partial charge in [0.2, 0.25) is 0 Å². The second-order valence-electron chi connectivity index (χ2n) is 0.977. The van der Waals surface area contributed by atoms with Gasteiger partial charge in [-0.2, -0.15) is 0 Å². The summed E-state index contributed by atoms with van der Waals surface area (Å²) in [7, 11) is 0. The van der Waals surface area contributed by atoms with Crippen molar-refractivity contribution in [3.8, 4) is 0 Å².